The molecule has 0 spiro atoms. The molecule has 1 rings (SSSR count). The second-order valence-electron chi connectivity index (χ2n) is 2.68. The zero-order chi connectivity index (χ0) is 8.97. The first kappa shape index (κ1) is 9.45. The van der Waals surface area contributed by atoms with Crippen LogP contribution >= 0.6 is 11.8 Å². The first-order chi connectivity index (χ1) is 5.74. The van der Waals surface area contributed by atoms with Crippen LogP contribution in [-0.4, -0.2) is 20.4 Å². The topological polar surface area (TPSA) is 38.1 Å². The van der Waals surface area contributed by atoms with Gasteiger partial charge in [0.15, 0.2) is 0 Å². The molecule has 1 N–H and O–H groups in total. The summed E-state index contributed by atoms with van der Waals surface area (Å²) in [6, 6.07) is 0. The maximum absolute atomic E-state index is 9.05. The number of aromatic nitrogens is 2. The summed E-state index contributed by atoms with van der Waals surface area (Å²) in [4.78, 5) is 3.98. The molecule has 0 radical (unpaired) electrons. The molecular formula is C8H14N2OS. The Kier molecular flexibility index (Phi) is 3.47. The van der Waals surface area contributed by atoms with Crippen LogP contribution in [0, 0.1) is 0 Å². The van der Waals surface area contributed by atoms with E-state index in [4.69, 9.17) is 5.11 Å². The lowest BCUT2D eigenvalue weighted by atomic mass is 10.6. The van der Waals surface area contributed by atoms with Gasteiger partial charge in [-0.1, -0.05) is 6.92 Å². The predicted molar refractivity (Wildman–Crippen MR) is 51.3 cm³/mol. The third kappa shape index (κ3) is 2.44. The van der Waals surface area contributed by atoms with Gasteiger partial charge in [-0.2, -0.15) is 16.7 Å². The monoisotopic (exact) mass is 186 g/mol. The van der Waals surface area contributed by atoms with E-state index in [2.05, 4.69) is 11.9 Å². The highest BCUT2D eigenvalue weighted by Crippen LogP contribution is 2.14. The largest absolute Gasteiger partial charge is 0.492 e. The van der Waals surface area contributed by atoms with Crippen LogP contribution in [0.15, 0.2) is 6.20 Å². The zero-order valence-corrected chi connectivity index (χ0v) is 8.27. The first-order valence-corrected chi connectivity index (χ1v) is 5.18. The molecule has 0 unspecified atom stereocenters. The number of nitrogens with zero attached hydrogens (tertiary/aromatic N) is 2. The van der Waals surface area contributed by atoms with Crippen molar-refractivity contribution in [3.63, 3.8) is 0 Å². The van der Waals surface area contributed by atoms with Crippen molar-refractivity contribution in [1.82, 2.24) is 9.55 Å². The fraction of sp³-hybridized carbons (Fsp3) is 0.625. The highest BCUT2D eigenvalue weighted by atomic mass is 32.2. The molecule has 4 heteroatoms. The molecule has 0 aliphatic carbocycles. The van der Waals surface area contributed by atoms with Gasteiger partial charge in [-0.25, -0.2) is 0 Å². The number of thioether (sulfide) groups is 1. The van der Waals surface area contributed by atoms with Crippen LogP contribution in [0.25, 0.3) is 0 Å². The first-order valence-electron chi connectivity index (χ1n) is 4.03. The number of hydrogen-bond acceptors (Lipinski definition) is 3. The second-order valence-corrected chi connectivity index (χ2v) is 3.78. The summed E-state index contributed by atoms with van der Waals surface area (Å²) in [7, 11) is 1.90. The lowest BCUT2D eigenvalue weighted by Crippen LogP contribution is -1.94. The summed E-state index contributed by atoms with van der Waals surface area (Å²) in [5.41, 5.74) is 0. The van der Waals surface area contributed by atoms with Gasteiger partial charge >= 0.3 is 0 Å². The Hall–Kier alpha value is -0.640. The number of rotatable bonds is 4. The molecule has 0 bridgehead atoms. The molecule has 0 aliphatic rings. The average molecular weight is 186 g/mol. The second kappa shape index (κ2) is 4.40. The molecular weight excluding hydrogens is 172 g/mol. The molecule has 1 aromatic rings. The minimum Gasteiger partial charge on any atom is -0.492 e. The van der Waals surface area contributed by atoms with E-state index in [-0.39, 0.29) is 5.88 Å². The van der Waals surface area contributed by atoms with Crippen LogP contribution in [0.5, 0.6) is 5.88 Å². The standard InChI is InChI=1S/C8H14N2OS/c1-3-4-12-6-7-9-8(11)5-10(7)2/h5,11H,3-4,6H2,1-2H3. The molecule has 68 valence electrons. The Morgan fingerprint density at radius 1 is 1.67 bits per heavy atom. The van der Waals surface area contributed by atoms with Crippen molar-refractivity contribution in [3.8, 4) is 5.88 Å². The molecule has 0 amide bonds. The van der Waals surface area contributed by atoms with Crippen molar-refractivity contribution >= 4 is 11.8 Å². The Labute approximate surface area is 76.8 Å². The van der Waals surface area contributed by atoms with Crippen LogP contribution in [0.4, 0.5) is 0 Å². The minimum absolute atomic E-state index is 0.115. The Balaban J connectivity index is 2.45. The fourth-order valence-corrected chi connectivity index (χ4v) is 1.81. The zero-order valence-electron chi connectivity index (χ0n) is 7.45. The lowest BCUT2D eigenvalue weighted by molar-refractivity contribution is 0.455. The van der Waals surface area contributed by atoms with Gasteiger partial charge in [-0.15, -0.1) is 0 Å². The molecule has 1 aromatic heterocycles. The molecule has 1 heterocycles. The maximum Gasteiger partial charge on any atom is 0.229 e. The lowest BCUT2D eigenvalue weighted by Gasteiger charge is -1.98. The van der Waals surface area contributed by atoms with Gasteiger partial charge in [0.1, 0.15) is 5.82 Å². The molecule has 12 heavy (non-hydrogen) atoms. The third-order valence-electron chi connectivity index (χ3n) is 1.54. The Morgan fingerprint density at radius 3 is 2.92 bits per heavy atom. The quantitative estimate of drug-likeness (QED) is 0.728. The van der Waals surface area contributed by atoms with Crippen molar-refractivity contribution in [2.24, 2.45) is 7.05 Å². The number of hydrogen-bond donors (Lipinski definition) is 1. The van der Waals surface area contributed by atoms with Gasteiger partial charge in [-0.3, -0.25) is 0 Å². The normalized spacial score (nSPS) is 10.5. The van der Waals surface area contributed by atoms with Crippen LogP contribution in [0.1, 0.15) is 19.2 Å². The van der Waals surface area contributed by atoms with Gasteiger partial charge in [-0.05, 0) is 12.2 Å². The van der Waals surface area contributed by atoms with Crippen molar-refractivity contribution in [1.29, 1.82) is 0 Å². The summed E-state index contributed by atoms with van der Waals surface area (Å²) < 4.78 is 1.86. The Morgan fingerprint density at radius 2 is 2.42 bits per heavy atom. The van der Waals surface area contributed by atoms with E-state index >= 15 is 0 Å². The van der Waals surface area contributed by atoms with Crippen molar-refractivity contribution < 1.29 is 5.11 Å². The molecule has 3 nitrogen and oxygen atoms in total. The third-order valence-corrected chi connectivity index (χ3v) is 2.70. The van der Waals surface area contributed by atoms with Crippen LogP contribution in [-0.2, 0) is 12.8 Å². The van der Waals surface area contributed by atoms with Crippen molar-refractivity contribution in [2.75, 3.05) is 5.75 Å². The number of aromatic hydroxyl groups is 1. The summed E-state index contributed by atoms with van der Waals surface area (Å²) in [5.74, 6) is 3.08. The summed E-state index contributed by atoms with van der Waals surface area (Å²) in [5, 5.41) is 9.05. The van der Waals surface area contributed by atoms with E-state index in [1.807, 2.05) is 23.4 Å². The highest BCUT2D eigenvalue weighted by molar-refractivity contribution is 7.98. The maximum atomic E-state index is 9.05. The molecule has 0 saturated carbocycles. The van der Waals surface area contributed by atoms with Crippen molar-refractivity contribution in [2.45, 2.75) is 19.1 Å². The molecule has 0 saturated heterocycles. The number of imidazole rings is 1. The van der Waals surface area contributed by atoms with Crippen LogP contribution in [0.2, 0.25) is 0 Å². The number of aryl methyl sites for hydroxylation is 1. The highest BCUT2D eigenvalue weighted by Gasteiger charge is 2.02. The van der Waals surface area contributed by atoms with Crippen molar-refractivity contribution in [3.05, 3.63) is 12.0 Å². The minimum atomic E-state index is 0.115. The predicted octanol–water partition coefficient (Wildman–Crippen LogP) is 1.77. The van der Waals surface area contributed by atoms with Crippen LogP contribution in [0.3, 0.4) is 0 Å². The molecule has 0 aliphatic heterocycles. The van der Waals surface area contributed by atoms with E-state index in [1.165, 1.54) is 6.42 Å². The van der Waals surface area contributed by atoms with Gasteiger partial charge in [0.05, 0.1) is 11.9 Å². The molecule has 0 aromatic carbocycles. The summed E-state index contributed by atoms with van der Waals surface area (Å²) in [6.07, 6.45) is 2.81. The van der Waals surface area contributed by atoms with E-state index in [0.717, 1.165) is 17.3 Å². The molecule has 0 atom stereocenters. The average Bonchev–Trinajstić information content (AvgIpc) is 2.31. The van der Waals surface area contributed by atoms with E-state index in [9.17, 15) is 0 Å². The summed E-state index contributed by atoms with van der Waals surface area (Å²) >= 11 is 1.84. The van der Waals surface area contributed by atoms with Gasteiger partial charge in [0.25, 0.3) is 0 Å². The van der Waals surface area contributed by atoms with Gasteiger partial charge in [0.2, 0.25) is 5.88 Å². The van der Waals surface area contributed by atoms with E-state index in [0.29, 0.717) is 0 Å². The molecule has 0 fully saturated rings. The van der Waals surface area contributed by atoms with Gasteiger partial charge in [0, 0.05) is 7.05 Å². The smallest absolute Gasteiger partial charge is 0.229 e. The van der Waals surface area contributed by atoms with E-state index < -0.39 is 0 Å². The Bertz CT molecular complexity index is 247. The van der Waals surface area contributed by atoms with E-state index in [1.54, 1.807) is 6.20 Å². The summed E-state index contributed by atoms with van der Waals surface area (Å²) in [6.45, 7) is 2.16. The van der Waals surface area contributed by atoms with Crippen LogP contribution < -0.4 is 0 Å². The SMILES string of the molecule is CCCSCc1nc(O)cn1C. The fourth-order valence-electron chi connectivity index (χ4n) is 0.930. The van der Waals surface area contributed by atoms with Gasteiger partial charge < -0.3 is 9.67 Å².